The molecule has 0 aromatic heterocycles. The summed E-state index contributed by atoms with van der Waals surface area (Å²) in [7, 11) is 0. The zero-order chi connectivity index (χ0) is 11.8. The predicted octanol–water partition coefficient (Wildman–Crippen LogP) is 1.89. The van der Waals surface area contributed by atoms with E-state index in [0.29, 0.717) is 5.96 Å². The standard InChI is InChI=1S/C12H20N4/c1-3-9-14-12(16-13)15-11-8-6-5-7-10(11)4-2/h5-8H,3-4,9,13H2,1-2H3,(H2,14,15,16). The van der Waals surface area contributed by atoms with E-state index in [1.807, 2.05) is 18.2 Å². The van der Waals surface area contributed by atoms with E-state index < -0.39 is 0 Å². The highest BCUT2D eigenvalue weighted by Crippen LogP contribution is 2.14. The zero-order valence-corrected chi connectivity index (χ0v) is 9.96. The summed E-state index contributed by atoms with van der Waals surface area (Å²) in [5, 5.41) is 3.20. The lowest BCUT2D eigenvalue weighted by Gasteiger charge is -2.12. The van der Waals surface area contributed by atoms with Crippen LogP contribution in [0, 0.1) is 0 Å². The number of rotatable bonds is 4. The number of para-hydroxylation sites is 1. The molecule has 88 valence electrons. The van der Waals surface area contributed by atoms with Crippen LogP contribution in [-0.4, -0.2) is 12.5 Å². The predicted molar refractivity (Wildman–Crippen MR) is 69.4 cm³/mol. The fraction of sp³-hybridized carbons (Fsp3) is 0.417. The fourth-order valence-corrected chi connectivity index (χ4v) is 1.42. The molecule has 4 nitrogen and oxygen atoms in total. The molecule has 0 unspecified atom stereocenters. The molecule has 0 bridgehead atoms. The Labute approximate surface area is 96.9 Å². The van der Waals surface area contributed by atoms with Crippen molar-refractivity contribution in [3.05, 3.63) is 29.8 Å². The van der Waals surface area contributed by atoms with Crippen molar-refractivity contribution in [1.82, 2.24) is 5.43 Å². The van der Waals surface area contributed by atoms with E-state index in [0.717, 1.165) is 25.1 Å². The summed E-state index contributed by atoms with van der Waals surface area (Å²) in [6, 6.07) is 8.14. The molecule has 0 saturated heterocycles. The minimum absolute atomic E-state index is 0.614. The van der Waals surface area contributed by atoms with Crippen LogP contribution >= 0.6 is 0 Å². The molecule has 1 aromatic carbocycles. The van der Waals surface area contributed by atoms with Gasteiger partial charge in [0.05, 0.1) is 0 Å². The zero-order valence-electron chi connectivity index (χ0n) is 9.96. The summed E-state index contributed by atoms with van der Waals surface area (Å²) >= 11 is 0. The van der Waals surface area contributed by atoms with Crippen LogP contribution in [0.15, 0.2) is 29.3 Å². The van der Waals surface area contributed by atoms with Crippen LogP contribution in [0.1, 0.15) is 25.8 Å². The van der Waals surface area contributed by atoms with E-state index in [9.17, 15) is 0 Å². The van der Waals surface area contributed by atoms with E-state index in [1.165, 1.54) is 5.56 Å². The molecule has 0 aliphatic carbocycles. The molecule has 0 saturated carbocycles. The number of aryl methyl sites for hydroxylation is 1. The Balaban J connectivity index is 2.77. The van der Waals surface area contributed by atoms with Crippen LogP contribution in [0.4, 0.5) is 5.69 Å². The summed E-state index contributed by atoms with van der Waals surface area (Å²) in [4.78, 5) is 4.30. The first-order valence-electron chi connectivity index (χ1n) is 5.67. The number of nitrogens with one attached hydrogen (secondary N) is 2. The number of anilines is 1. The number of nitrogens with two attached hydrogens (primary N) is 1. The third kappa shape index (κ3) is 3.55. The first kappa shape index (κ1) is 12.5. The van der Waals surface area contributed by atoms with Gasteiger partial charge in [0.1, 0.15) is 0 Å². The van der Waals surface area contributed by atoms with Crippen LogP contribution < -0.4 is 16.6 Å². The van der Waals surface area contributed by atoms with Crippen LogP contribution in [0.2, 0.25) is 0 Å². The molecule has 0 spiro atoms. The highest BCUT2D eigenvalue weighted by atomic mass is 15.3. The topological polar surface area (TPSA) is 62.4 Å². The molecule has 4 N–H and O–H groups in total. The van der Waals surface area contributed by atoms with E-state index in [4.69, 9.17) is 5.84 Å². The van der Waals surface area contributed by atoms with Gasteiger partial charge in [-0.2, -0.15) is 0 Å². The van der Waals surface area contributed by atoms with Crippen molar-refractivity contribution < 1.29 is 0 Å². The second-order valence-electron chi connectivity index (χ2n) is 3.51. The van der Waals surface area contributed by atoms with Crippen molar-refractivity contribution in [2.24, 2.45) is 10.8 Å². The number of benzene rings is 1. The van der Waals surface area contributed by atoms with Gasteiger partial charge in [-0.05, 0) is 24.5 Å². The van der Waals surface area contributed by atoms with Crippen LogP contribution in [-0.2, 0) is 6.42 Å². The van der Waals surface area contributed by atoms with Crippen LogP contribution in [0.3, 0.4) is 0 Å². The van der Waals surface area contributed by atoms with E-state index in [-0.39, 0.29) is 0 Å². The van der Waals surface area contributed by atoms with Gasteiger partial charge in [-0.15, -0.1) is 0 Å². The molecule has 0 aliphatic heterocycles. The van der Waals surface area contributed by atoms with Gasteiger partial charge in [-0.25, -0.2) is 5.84 Å². The third-order valence-corrected chi connectivity index (χ3v) is 2.28. The highest BCUT2D eigenvalue weighted by molar-refractivity contribution is 5.93. The summed E-state index contributed by atoms with van der Waals surface area (Å²) in [6.07, 6.45) is 1.98. The van der Waals surface area contributed by atoms with E-state index >= 15 is 0 Å². The van der Waals surface area contributed by atoms with Crippen molar-refractivity contribution in [2.45, 2.75) is 26.7 Å². The van der Waals surface area contributed by atoms with Crippen molar-refractivity contribution in [3.8, 4) is 0 Å². The van der Waals surface area contributed by atoms with Gasteiger partial charge in [0.2, 0.25) is 5.96 Å². The Kier molecular flexibility index (Phi) is 5.36. The maximum Gasteiger partial charge on any atom is 0.210 e. The van der Waals surface area contributed by atoms with Crippen LogP contribution in [0.5, 0.6) is 0 Å². The lowest BCUT2D eigenvalue weighted by molar-refractivity contribution is 0.905. The second-order valence-corrected chi connectivity index (χ2v) is 3.51. The Morgan fingerprint density at radius 3 is 2.69 bits per heavy atom. The second kappa shape index (κ2) is 6.85. The third-order valence-electron chi connectivity index (χ3n) is 2.28. The lowest BCUT2D eigenvalue weighted by Crippen LogP contribution is -2.36. The summed E-state index contributed by atoms with van der Waals surface area (Å²) in [5.41, 5.74) is 4.88. The van der Waals surface area contributed by atoms with Gasteiger partial charge in [0, 0.05) is 12.2 Å². The molecule has 1 rings (SSSR count). The molecule has 1 aromatic rings. The van der Waals surface area contributed by atoms with Gasteiger partial charge < -0.3 is 5.32 Å². The highest BCUT2D eigenvalue weighted by Gasteiger charge is 2.01. The van der Waals surface area contributed by atoms with Crippen LogP contribution in [0.25, 0.3) is 0 Å². The lowest BCUT2D eigenvalue weighted by atomic mass is 10.1. The molecule has 0 aliphatic rings. The minimum atomic E-state index is 0.614. The molecule has 0 amide bonds. The van der Waals surface area contributed by atoms with Gasteiger partial charge in [-0.3, -0.25) is 10.4 Å². The number of hydrazine groups is 1. The average Bonchev–Trinajstić information content (AvgIpc) is 2.34. The number of guanidine groups is 1. The normalized spacial score (nSPS) is 11.3. The molecular formula is C12H20N4. The number of aliphatic imine (C=N–C) groups is 1. The Morgan fingerprint density at radius 1 is 1.31 bits per heavy atom. The molecule has 0 radical (unpaired) electrons. The summed E-state index contributed by atoms with van der Waals surface area (Å²) in [5.74, 6) is 6.02. The maximum absolute atomic E-state index is 5.41. The molecule has 16 heavy (non-hydrogen) atoms. The number of hydrogen-bond donors (Lipinski definition) is 3. The van der Waals surface area contributed by atoms with Gasteiger partial charge in [0.25, 0.3) is 0 Å². The molecule has 4 heteroatoms. The fourth-order valence-electron chi connectivity index (χ4n) is 1.42. The van der Waals surface area contributed by atoms with Gasteiger partial charge in [-0.1, -0.05) is 32.0 Å². The first-order valence-corrected chi connectivity index (χ1v) is 5.67. The van der Waals surface area contributed by atoms with Crippen molar-refractivity contribution >= 4 is 11.6 Å². The monoisotopic (exact) mass is 220 g/mol. The van der Waals surface area contributed by atoms with E-state index in [2.05, 4.69) is 35.6 Å². The van der Waals surface area contributed by atoms with E-state index in [1.54, 1.807) is 0 Å². The maximum atomic E-state index is 5.41. The molecule has 0 fully saturated rings. The average molecular weight is 220 g/mol. The minimum Gasteiger partial charge on any atom is -0.325 e. The first-order chi connectivity index (χ1) is 7.81. The van der Waals surface area contributed by atoms with Crippen molar-refractivity contribution in [1.29, 1.82) is 0 Å². The number of nitrogens with zero attached hydrogens (tertiary/aromatic N) is 1. The smallest absolute Gasteiger partial charge is 0.210 e. The van der Waals surface area contributed by atoms with Gasteiger partial charge >= 0.3 is 0 Å². The summed E-state index contributed by atoms with van der Waals surface area (Å²) in [6.45, 7) is 4.97. The van der Waals surface area contributed by atoms with Crippen molar-refractivity contribution in [2.75, 3.05) is 11.9 Å². The molecule has 0 atom stereocenters. The quantitative estimate of drug-likeness (QED) is 0.314. The Bertz CT molecular complexity index is 347. The van der Waals surface area contributed by atoms with Gasteiger partial charge in [0.15, 0.2) is 0 Å². The Hall–Kier alpha value is -1.55. The summed E-state index contributed by atoms with van der Waals surface area (Å²) < 4.78 is 0. The molecular weight excluding hydrogens is 200 g/mol. The van der Waals surface area contributed by atoms with Crippen molar-refractivity contribution in [3.63, 3.8) is 0 Å². The number of hydrogen-bond acceptors (Lipinski definition) is 2. The molecule has 0 heterocycles. The SMILES string of the molecule is CCCN=C(NN)Nc1ccccc1CC. The Morgan fingerprint density at radius 2 is 2.06 bits per heavy atom. The largest absolute Gasteiger partial charge is 0.325 e.